The summed E-state index contributed by atoms with van der Waals surface area (Å²) in [6.45, 7) is 4.35. The quantitative estimate of drug-likeness (QED) is 0.0395. The maximum absolute atomic E-state index is 12.4. The van der Waals surface area contributed by atoms with Crippen molar-refractivity contribution in [1.82, 2.24) is 0 Å². The van der Waals surface area contributed by atoms with Crippen LogP contribution in [0.1, 0.15) is 141 Å². The molecule has 0 aliphatic carbocycles. The Kier molecular flexibility index (Phi) is 26.2. The van der Waals surface area contributed by atoms with E-state index in [1.54, 1.807) is 0 Å². The first-order chi connectivity index (χ1) is 17.9. The molecule has 0 bridgehead atoms. The van der Waals surface area contributed by atoms with Crippen LogP contribution in [0.4, 0.5) is 0 Å². The number of carbonyl (C=O) groups is 2. The summed E-state index contributed by atoms with van der Waals surface area (Å²) in [5, 5.41) is 9.53. The average Bonchev–Trinajstić information content (AvgIpc) is 2.86. The molecule has 1 aromatic carbocycles. The molecule has 1 unspecified atom stereocenters. The van der Waals surface area contributed by atoms with E-state index < -0.39 is 5.97 Å². The second kappa shape index (κ2) is 25.6. The van der Waals surface area contributed by atoms with E-state index in [9.17, 15) is 14.7 Å². The molecule has 0 saturated carbocycles. The summed E-state index contributed by atoms with van der Waals surface area (Å²) >= 11 is 4.38. The van der Waals surface area contributed by atoms with Crippen molar-refractivity contribution in [3.8, 4) is 5.75 Å². The van der Waals surface area contributed by atoms with Crippen LogP contribution in [-0.2, 0) is 16.0 Å². The van der Waals surface area contributed by atoms with Crippen LogP contribution >= 0.6 is 45.2 Å². The summed E-state index contributed by atoms with van der Waals surface area (Å²) in [7, 11) is 0. The molecule has 0 aliphatic heterocycles. The first kappa shape index (κ1) is 38.9. The number of ether oxygens (including phenoxy) is 1. The van der Waals surface area contributed by atoms with Gasteiger partial charge in [-0.1, -0.05) is 117 Å². The van der Waals surface area contributed by atoms with Crippen molar-refractivity contribution in [3.63, 3.8) is 0 Å². The van der Waals surface area contributed by atoms with Gasteiger partial charge in [-0.15, -0.1) is 0 Å². The summed E-state index contributed by atoms with van der Waals surface area (Å²) in [5.74, 6) is -0.677. The van der Waals surface area contributed by atoms with E-state index in [2.05, 4.69) is 59.0 Å². The summed E-state index contributed by atoms with van der Waals surface area (Å²) in [6.07, 6.45) is 23.1. The van der Waals surface area contributed by atoms with Crippen molar-refractivity contribution in [3.05, 3.63) is 24.8 Å². The molecule has 38 heavy (non-hydrogen) atoms. The van der Waals surface area contributed by atoms with Crippen molar-refractivity contribution in [2.45, 2.75) is 142 Å². The topological polar surface area (TPSA) is 63.6 Å². The Labute approximate surface area is 289 Å². The molecule has 0 saturated heterocycles. The third kappa shape index (κ3) is 19.1. The Hall–Kier alpha value is 0.880. The number of carboxylic acids is 1. The Morgan fingerprint density at radius 2 is 1.16 bits per heavy atom. The van der Waals surface area contributed by atoms with Gasteiger partial charge < -0.3 is 9.84 Å². The zero-order valence-electron chi connectivity index (χ0n) is 23.3. The number of carboxylic acid groups (broad SMARTS) is 1. The number of rotatable bonds is 23. The second-order valence-electron chi connectivity index (χ2n) is 10.4. The fraction of sp³-hybridized carbons (Fsp3) is 0.742. The fourth-order valence-electron chi connectivity index (χ4n) is 4.68. The van der Waals surface area contributed by atoms with Crippen LogP contribution in [0.15, 0.2) is 12.1 Å². The van der Waals surface area contributed by atoms with Crippen LogP contribution in [0.3, 0.4) is 0 Å². The van der Waals surface area contributed by atoms with Crippen LogP contribution in [-0.4, -0.2) is 54.8 Å². The number of unbranched alkanes of at least 4 members (excludes halogenated alkanes) is 15. The third-order valence-corrected chi connectivity index (χ3v) is 8.60. The molecule has 0 amide bonds. The number of carbonyl (C=O) groups excluding carboxylic acids is 1. The van der Waals surface area contributed by atoms with Gasteiger partial charge in [0.2, 0.25) is 0 Å². The van der Waals surface area contributed by atoms with Gasteiger partial charge in [0.05, 0.1) is 13.1 Å². The van der Waals surface area contributed by atoms with Gasteiger partial charge in [-0.3, -0.25) is 9.59 Å². The molecule has 0 aromatic heterocycles. The van der Waals surface area contributed by atoms with E-state index >= 15 is 0 Å². The van der Waals surface area contributed by atoms with Gasteiger partial charge in [0.15, 0.2) is 5.75 Å². The summed E-state index contributed by atoms with van der Waals surface area (Å²) < 4.78 is 7.43. The van der Waals surface area contributed by atoms with Crippen molar-refractivity contribution in [2.24, 2.45) is 5.92 Å². The van der Waals surface area contributed by atoms with Gasteiger partial charge in [-0.2, -0.15) is 0 Å². The predicted molar refractivity (Wildman–Crippen MR) is 180 cm³/mol. The molecule has 1 atom stereocenters. The minimum absolute atomic E-state index is 0. The monoisotopic (exact) mass is 782 g/mol. The van der Waals surface area contributed by atoms with Crippen molar-refractivity contribution in [2.75, 3.05) is 0 Å². The number of benzene rings is 1. The number of aliphatic carboxylic acids is 1. The zero-order chi connectivity index (χ0) is 27.3. The third-order valence-electron chi connectivity index (χ3n) is 7.00. The standard InChI is InChI=1S/C31H50I2O4.Ca.2H/c1-3-5-7-8-9-10-11-12-13-14-15-16-17-18-19-21-29(34)37-30-27(32)23-25(24-28(30)33)22-26(31(35)36)20-6-4-2;;;/h23-24,26H,3-22H2,1-2H3,(H,35,36);;;. The average molecular weight is 783 g/mol. The first-order valence-corrected chi connectivity index (χ1v) is 17.0. The second-order valence-corrected chi connectivity index (χ2v) is 12.8. The Morgan fingerprint density at radius 3 is 1.58 bits per heavy atom. The molecule has 0 fully saturated rings. The van der Waals surface area contributed by atoms with E-state index in [-0.39, 0.29) is 49.6 Å². The SMILES string of the molecule is CCCCCCCCCCCCCCCCCC(=O)Oc1c(I)cc(CC(CCCC)C(=O)O)cc1I.[CaH2]. The van der Waals surface area contributed by atoms with E-state index in [0.29, 0.717) is 25.0 Å². The van der Waals surface area contributed by atoms with Crippen molar-refractivity contribution in [1.29, 1.82) is 0 Å². The van der Waals surface area contributed by atoms with Crippen LogP contribution < -0.4 is 4.74 Å². The predicted octanol–water partition coefficient (Wildman–Crippen LogP) is 9.58. The van der Waals surface area contributed by atoms with Gasteiger partial charge in [-0.25, -0.2) is 0 Å². The molecule has 0 heterocycles. The molecular formula is C31H52CaI2O4. The van der Waals surface area contributed by atoms with Crippen LogP contribution in [0.2, 0.25) is 0 Å². The van der Waals surface area contributed by atoms with Gasteiger partial charge >= 0.3 is 49.7 Å². The minimum atomic E-state index is -0.738. The zero-order valence-corrected chi connectivity index (χ0v) is 27.6. The molecule has 0 spiro atoms. The number of halogens is 2. The Balaban J connectivity index is 0.0000137. The van der Waals surface area contributed by atoms with Crippen LogP contribution in [0.25, 0.3) is 0 Å². The molecule has 1 rings (SSSR count). The van der Waals surface area contributed by atoms with Crippen molar-refractivity contribution >= 4 is 94.9 Å². The maximum atomic E-state index is 12.4. The van der Waals surface area contributed by atoms with Crippen LogP contribution in [0.5, 0.6) is 5.75 Å². The summed E-state index contributed by atoms with van der Waals surface area (Å²) in [5.41, 5.74) is 0.986. The summed E-state index contributed by atoms with van der Waals surface area (Å²) in [4.78, 5) is 24.0. The molecule has 0 aliphatic rings. The number of hydrogen-bond donors (Lipinski definition) is 1. The van der Waals surface area contributed by atoms with Crippen LogP contribution in [0, 0.1) is 13.1 Å². The number of hydrogen-bond acceptors (Lipinski definition) is 3. The van der Waals surface area contributed by atoms with E-state index in [1.165, 1.54) is 83.5 Å². The van der Waals surface area contributed by atoms with Gasteiger partial charge in [0.25, 0.3) is 0 Å². The first-order valence-electron chi connectivity index (χ1n) is 14.8. The van der Waals surface area contributed by atoms with E-state index in [4.69, 9.17) is 4.74 Å². The van der Waals surface area contributed by atoms with Gasteiger partial charge in [0, 0.05) is 6.42 Å². The fourth-order valence-corrected chi connectivity index (χ4v) is 6.80. The van der Waals surface area contributed by atoms with E-state index in [1.807, 2.05) is 12.1 Å². The Morgan fingerprint density at radius 1 is 0.737 bits per heavy atom. The molecule has 7 heteroatoms. The van der Waals surface area contributed by atoms with Gasteiger partial charge in [0.1, 0.15) is 0 Å². The molecule has 1 aromatic rings. The van der Waals surface area contributed by atoms with Gasteiger partial charge in [-0.05, 0) is 82.1 Å². The molecule has 4 nitrogen and oxygen atoms in total. The summed E-state index contributed by atoms with van der Waals surface area (Å²) in [6, 6.07) is 3.92. The number of esters is 1. The Bertz CT molecular complexity index is 749. The van der Waals surface area contributed by atoms with Crippen molar-refractivity contribution < 1.29 is 19.4 Å². The molecule has 216 valence electrons. The molecular weight excluding hydrogens is 730 g/mol. The normalized spacial score (nSPS) is 11.7. The van der Waals surface area contributed by atoms with E-state index in [0.717, 1.165) is 38.4 Å². The molecule has 0 radical (unpaired) electrons. The molecule has 1 N–H and O–H groups in total.